The van der Waals surface area contributed by atoms with Gasteiger partial charge in [-0.05, 0) is 33.0 Å². The number of rotatable bonds is 2. The maximum absolute atomic E-state index is 3.57. The van der Waals surface area contributed by atoms with Gasteiger partial charge in [-0.3, -0.25) is 0 Å². The lowest BCUT2D eigenvalue weighted by Gasteiger charge is -2.19. The van der Waals surface area contributed by atoms with Gasteiger partial charge in [0.15, 0.2) is 0 Å². The molecular weight excluding hydrogens is 136 g/mol. The first-order valence-corrected chi connectivity index (χ1v) is 4.75. The first-order valence-electron chi connectivity index (χ1n) is 4.75. The van der Waals surface area contributed by atoms with Crippen LogP contribution in [0.2, 0.25) is 0 Å². The first kappa shape index (κ1) is 9.01. The fourth-order valence-electron chi connectivity index (χ4n) is 1.73. The summed E-state index contributed by atoms with van der Waals surface area (Å²) in [6.45, 7) is 5.95. The smallest absolute Gasteiger partial charge is 0.0194 e. The lowest BCUT2D eigenvalue weighted by Crippen LogP contribution is -2.35. The van der Waals surface area contributed by atoms with Crippen molar-refractivity contribution in [2.45, 2.75) is 32.2 Å². The van der Waals surface area contributed by atoms with Crippen molar-refractivity contribution in [2.24, 2.45) is 0 Å². The molecule has 0 radical (unpaired) electrons. The molecule has 2 nitrogen and oxygen atoms in total. The molecule has 1 N–H and O–H groups in total. The standard InChI is InChI=1S/C9H20N2/c1-3-5-9-8-11(2)7-4-6-10-9/h9-10H,3-8H2,1-2H3. The van der Waals surface area contributed by atoms with Crippen LogP contribution in [0.3, 0.4) is 0 Å². The van der Waals surface area contributed by atoms with E-state index in [1.54, 1.807) is 0 Å². The largest absolute Gasteiger partial charge is 0.313 e. The molecule has 1 rings (SSSR count). The molecule has 1 heterocycles. The Kier molecular flexibility index (Phi) is 3.87. The maximum Gasteiger partial charge on any atom is 0.0194 e. The SMILES string of the molecule is CCCC1CN(C)CCCN1. The van der Waals surface area contributed by atoms with Crippen LogP contribution >= 0.6 is 0 Å². The molecule has 2 heteroatoms. The van der Waals surface area contributed by atoms with Gasteiger partial charge in [0.2, 0.25) is 0 Å². The lowest BCUT2D eigenvalue weighted by molar-refractivity contribution is 0.316. The van der Waals surface area contributed by atoms with Crippen molar-refractivity contribution in [3.8, 4) is 0 Å². The number of hydrogen-bond donors (Lipinski definition) is 1. The minimum Gasteiger partial charge on any atom is -0.313 e. The van der Waals surface area contributed by atoms with Crippen molar-refractivity contribution in [2.75, 3.05) is 26.7 Å². The molecular formula is C9H20N2. The van der Waals surface area contributed by atoms with Gasteiger partial charge < -0.3 is 10.2 Å². The van der Waals surface area contributed by atoms with E-state index in [-0.39, 0.29) is 0 Å². The summed E-state index contributed by atoms with van der Waals surface area (Å²) in [5.74, 6) is 0. The molecule has 0 aromatic rings. The van der Waals surface area contributed by atoms with E-state index in [4.69, 9.17) is 0 Å². The van der Waals surface area contributed by atoms with E-state index >= 15 is 0 Å². The Morgan fingerprint density at radius 1 is 1.55 bits per heavy atom. The van der Waals surface area contributed by atoms with Gasteiger partial charge in [0.25, 0.3) is 0 Å². The third-order valence-electron chi connectivity index (χ3n) is 2.32. The van der Waals surface area contributed by atoms with Crippen LogP contribution in [-0.4, -0.2) is 37.6 Å². The third kappa shape index (κ3) is 3.21. The molecule has 1 fully saturated rings. The Morgan fingerprint density at radius 3 is 3.09 bits per heavy atom. The average molecular weight is 156 g/mol. The summed E-state index contributed by atoms with van der Waals surface area (Å²) in [5.41, 5.74) is 0. The molecule has 0 aliphatic carbocycles. The van der Waals surface area contributed by atoms with E-state index in [1.807, 2.05) is 0 Å². The van der Waals surface area contributed by atoms with Crippen LogP contribution in [0.25, 0.3) is 0 Å². The van der Waals surface area contributed by atoms with Crippen molar-refractivity contribution in [3.05, 3.63) is 0 Å². The Morgan fingerprint density at radius 2 is 2.36 bits per heavy atom. The Hall–Kier alpha value is -0.0800. The maximum atomic E-state index is 3.57. The summed E-state index contributed by atoms with van der Waals surface area (Å²) in [4.78, 5) is 2.43. The molecule has 0 spiro atoms. The van der Waals surface area contributed by atoms with E-state index in [9.17, 15) is 0 Å². The molecule has 11 heavy (non-hydrogen) atoms. The molecule has 1 atom stereocenters. The molecule has 1 aliphatic rings. The van der Waals surface area contributed by atoms with E-state index in [0.717, 1.165) is 6.04 Å². The van der Waals surface area contributed by atoms with Gasteiger partial charge in [-0.1, -0.05) is 13.3 Å². The number of likely N-dealkylation sites (N-methyl/N-ethyl adjacent to an activating group) is 1. The zero-order chi connectivity index (χ0) is 8.10. The number of hydrogen-bond acceptors (Lipinski definition) is 2. The Labute approximate surface area is 70.0 Å². The first-order chi connectivity index (χ1) is 5.33. The van der Waals surface area contributed by atoms with Crippen molar-refractivity contribution in [1.29, 1.82) is 0 Å². The highest BCUT2D eigenvalue weighted by Crippen LogP contribution is 2.02. The van der Waals surface area contributed by atoms with Crippen LogP contribution in [0, 0.1) is 0 Å². The quantitative estimate of drug-likeness (QED) is 0.643. The van der Waals surface area contributed by atoms with E-state index in [1.165, 1.54) is 38.9 Å². The summed E-state index contributed by atoms with van der Waals surface area (Å²) in [6.07, 6.45) is 3.92. The van der Waals surface area contributed by atoms with Gasteiger partial charge in [-0.25, -0.2) is 0 Å². The Balaban J connectivity index is 2.27. The summed E-state index contributed by atoms with van der Waals surface area (Å²) >= 11 is 0. The normalized spacial score (nSPS) is 28.4. The van der Waals surface area contributed by atoms with Gasteiger partial charge in [0, 0.05) is 12.6 Å². The van der Waals surface area contributed by atoms with Crippen molar-refractivity contribution in [3.63, 3.8) is 0 Å². The zero-order valence-electron chi connectivity index (χ0n) is 7.77. The lowest BCUT2D eigenvalue weighted by atomic mass is 10.1. The van der Waals surface area contributed by atoms with Gasteiger partial charge >= 0.3 is 0 Å². The topological polar surface area (TPSA) is 15.3 Å². The molecule has 66 valence electrons. The second-order valence-corrected chi connectivity index (χ2v) is 3.56. The molecule has 0 aromatic carbocycles. The van der Waals surface area contributed by atoms with E-state index in [0.29, 0.717) is 0 Å². The average Bonchev–Trinajstić information content (AvgIpc) is 2.15. The minimum atomic E-state index is 0.743. The van der Waals surface area contributed by atoms with Crippen molar-refractivity contribution >= 4 is 0 Å². The summed E-state index contributed by atoms with van der Waals surface area (Å²) < 4.78 is 0. The van der Waals surface area contributed by atoms with Crippen LogP contribution in [-0.2, 0) is 0 Å². The number of nitrogens with one attached hydrogen (secondary N) is 1. The van der Waals surface area contributed by atoms with Crippen LogP contribution in [0.4, 0.5) is 0 Å². The number of nitrogens with zero attached hydrogens (tertiary/aromatic N) is 1. The summed E-state index contributed by atoms with van der Waals surface area (Å²) in [5, 5.41) is 3.57. The van der Waals surface area contributed by atoms with Crippen molar-refractivity contribution < 1.29 is 0 Å². The second-order valence-electron chi connectivity index (χ2n) is 3.56. The highest BCUT2D eigenvalue weighted by Gasteiger charge is 2.12. The van der Waals surface area contributed by atoms with Crippen LogP contribution in [0.15, 0.2) is 0 Å². The highest BCUT2D eigenvalue weighted by atomic mass is 15.1. The van der Waals surface area contributed by atoms with E-state index < -0.39 is 0 Å². The molecule has 1 unspecified atom stereocenters. The fourth-order valence-corrected chi connectivity index (χ4v) is 1.73. The van der Waals surface area contributed by atoms with E-state index in [2.05, 4.69) is 24.2 Å². The molecule has 1 saturated heterocycles. The third-order valence-corrected chi connectivity index (χ3v) is 2.32. The second kappa shape index (κ2) is 4.73. The molecule has 0 saturated carbocycles. The molecule has 0 bridgehead atoms. The summed E-state index contributed by atoms with van der Waals surface area (Å²) in [6, 6.07) is 0.743. The monoisotopic (exact) mass is 156 g/mol. The van der Waals surface area contributed by atoms with Gasteiger partial charge in [-0.15, -0.1) is 0 Å². The predicted molar refractivity (Wildman–Crippen MR) is 48.8 cm³/mol. The summed E-state index contributed by atoms with van der Waals surface area (Å²) in [7, 11) is 2.22. The zero-order valence-corrected chi connectivity index (χ0v) is 7.77. The van der Waals surface area contributed by atoms with Crippen LogP contribution in [0.5, 0.6) is 0 Å². The highest BCUT2D eigenvalue weighted by molar-refractivity contribution is 4.73. The van der Waals surface area contributed by atoms with Crippen LogP contribution < -0.4 is 5.32 Å². The van der Waals surface area contributed by atoms with Gasteiger partial charge in [0.05, 0.1) is 0 Å². The fraction of sp³-hybridized carbons (Fsp3) is 1.00. The van der Waals surface area contributed by atoms with Gasteiger partial charge in [0.1, 0.15) is 0 Å². The van der Waals surface area contributed by atoms with Crippen LogP contribution in [0.1, 0.15) is 26.2 Å². The van der Waals surface area contributed by atoms with Gasteiger partial charge in [-0.2, -0.15) is 0 Å². The predicted octanol–water partition coefficient (Wildman–Crippen LogP) is 1.08. The van der Waals surface area contributed by atoms with Crippen molar-refractivity contribution in [1.82, 2.24) is 10.2 Å². The molecule has 0 amide bonds. The Bertz CT molecular complexity index is 104. The molecule has 1 aliphatic heterocycles. The minimum absolute atomic E-state index is 0.743. The molecule has 0 aromatic heterocycles.